The molecule has 0 spiro atoms. The maximum atomic E-state index is 13.0. The summed E-state index contributed by atoms with van der Waals surface area (Å²) in [5, 5.41) is 23.0. The summed E-state index contributed by atoms with van der Waals surface area (Å²) in [5.41, 5.74) is 1.61. The van der Waals surface area contributed by atoms with Crippen molar-refractivity contribution in [2.75, 3.05) is 5.32 Å². The van der Waals surface area contributed by atoms with Crippen LogP contribution in [0.15, 0.2) is 72.3 Å². The zero-order valence-corrected chi connectivity index (χ0v) is 17.0. The molecule has 0 saturated heterocycles. The molecule has 3 aromatic carbocycles. The number of carbonyl (C=O) groups is 1. The Morgan fingerprint density at radius 2 is 1.84 bits per heavy atom. The first kappa shape index (κ1) is 22.2. The number of hydrogen-bond donors (Lipinski definition) is 1. The molecule has 1 N–H and O–H groups in total. The van der Waals surface area contributed by atoms with Gasteiger partial charge in [-0.1, -0.05) is 30.3 Å². The van der Waals surface area contributed by atoms with Gasteiger partial charge in [0.15, 0.2) is 0 Å². The number of aryl methyl sites for hydroxylation is 1. The Labute approximate surface area is 183 Å². The van der Waals surface area contributed by atoms with Gasteiger partial charge >= 0.3 is 0 Å². The van der Waals surface area contributed by atoms with E-state index in [4.69, 9.17) is 4.74 Å². The SMILES string of the molecule is Cc1ccc(NC(=O)/C(C#N)=C/c2ccc(OCc3ccc(F)cc3)cc2)c([N+](=O)[O-])c1. The van der Waals surface area contributed by atoms with Gasteiger partial charge < -0.3 is 10.1 Å². The number of ether oxygens (including phenoxy) is 1. The number of hydrogen-bond acceptors (Lipinski definition) is 5. The summed E-state index contributed by atoms with van der Waals surface area (Å²) in [6.45, 7) is 1.96. The molecule has 8 heteroatoms. The van der Waals surface area contributed by atoms with Crippen molar-refractivity contribution in [2.45, 2.75) is 13.5 Å². The van der Waals surface area contributed by atoms with Crippen molar-refractivity contribution < 1.29 is 18.8 Å². The fraction of sp³-hybridized carbons (Fsp3) is 0.0833. The van der Waals surface area contributed by atoms with Gasteiger partial charge in [0.05, 0.1) is 4.92 Å². The highest BCUT2D eigenvalue weighted by molar-refractivity contribution is 6.10. The van der Waals surface area contributed by atoms with Crippen LogP contribution in [0.2, 0.25) is 0 Å². The van der Waals surface area contributed by atoms with E-state index >= 15 is 0 Å². The Balaban J connectivity index is 1.69. The Kier molecular flexibility index (Phi) is 6.93. The highest BCUT2D eigenvalue weighted by atomic mass is 19.1. The van der Waals surface area contributed by atoms with Crippen molar-refractivity contribution >= 4 is 23.4 Å². The van der Waals surface area contributed by atoms with Crippen molar-refractivity contribution in [1.82, 2.24) is 0 Å². The van der Waals surface area contributed by atoms with Crippen LogP contribution in [-0.4, -0.2) is 10.8 Å². The lowest BCUT2D eigenvalue weighted by atomic mass is 10.1. The third-order valence-corrected chi connectivity index (χ3v) is 4.47. The minimum atomic E-state index is -0.754. The number of benzene rings is 3. The lowest BCUT2D eigenvalue weighted by Crippen LogP contribution is -2.14. The van der Waals surface area contributed by atoms with Crippen LogP contribution in [0.5, 0.6) is 5.75 Å². The lowest BCUT2D eigenvalue weighted by Gasteiger charge is -2.07. The molecule has 0 radical (unpaired) electrons. The number of nitrogens with one attached hydrogen (secondary N) is 1. The van der Waals surface area contributed by atoms with Crippen LogP contribution < -0.4 is 10.1 Å². The molecule has 3 aromatic rings. The molecule has 3 rings (SSSR count). The van der Waals surface area contributed by atoms with Gasteiger partial charge in [0.25, 0.3) is 11.6 Å². The molecule has 32 heavy (non-hydrogen) atoms. The molecule has 1 amide bonds. The monoisotopic (exact) mass is 431 g/mol. The number of halogens is 1. The minimum absolute atomic E-state index is 0.0105. The van der Waals surface area contributed by atoms with E-state index in [1.807, 2.05) is 6.07 Å². The normalized spacial score (nSPS) is 10.8. The predicted molar refractivity (Wildman–Crippen MR) is 117 cm³/mol. The van der Waals surface area contributed by atoms with E-state index in [-0.39, 0.29) is 29.4 Å². The first-order valence-electron chi connectivity index (χ1n) is 9.51. The molecular weight excluding hydrogens is 413 g/mol. The molecule has 0 aliphatic carbocycles. The fourth-order valence-electron chi connectivity index (χ4n) is 2.81. The molecule has 0 heterocycles. The van der Waals surface area contributed by atoms with E-state index in [0.29, 0.717) is 16.9 Å². The summed E-state index contributed by atoms with van der Waals surface area (Å²) in [4.78, 5) is 23.1. The second kappa shape index (κ2) is 10.00. The van der Waals surface area contributed by atoms with Crippen LogP contribution >= 0.6 is 0 Å². The maximum Gasteiger partial charge on any atom is 0.293 e. The molecule has 0 atom stereocenters. The number of rotatable bonds is 7. The van der Waals surface area contributed by atoms with Gasteiger partial charge in [0.2, 0.25) is 0 Å². The molecule has 160 valence electrons. The predicted octanol–water partition coefficient (Wildman–Crippen LogP) is 5.17. The Hall–Kier alpha value is -4.51. The average Bonchev–Trinajstić information content (AvgIpc) is 2.78. The zero-order valence-electron chi connectivity index (χ0n) is 17.0. The minimum Gasteiger partial charge on any atom is -0.489 e. The smallest absolute Gasteiger partial charge is 0.293 e. The quantitative estimate of drug-likeness (QED) is 0.241. The summed E-state index contributed by atoms with van der Waals surface area (Å²) in [6.07, 6.45) is 1.37. The standard InChI is InChI=1S/C24H18FN3O4/c1-16-2-11-22(23(12-16)28(30)31)27-24(29)19(14-26)13-17-5-9-21(10-6-17)32-15-18-3-7-20(25)8-4-18/h2-13H,15H2,1H3,(H,27,29)/b19-13+. The van der Waals surface area contributed by atoms with E-state index in [1.54, 1.807) is 49.4 Å². The number of amides is 1. The maximum absolute atomic E-state index is 13.0. The summed E-state index contributed by atoms with van der Waals surface area (Å²) in [6, 6.07) is 18.9. The molecule has 0 fully saturated rings. The van der Waals surface area contributed by atoms with Gasteiger partial charge in [-0.2, -0.15) is 5.26 Å². The second-order valence-corrected chi connectivity index (χ2v) is 6.89. The third-order valence-electron chi connectivity index (χ3n) is 4.47. The van der Waals surface area contributed by atoms with Crippen LogP contribution in [0, 0.1) is 34.2 Å². The Bertz CT molecular complexity index is 1210. The molecule has 0 aromatic heterocycles. The summed E-state index contributed by atoms with van der Waals surface area (Å²) in [5.74, 6) is -0.514. The lowest BCUT2D eigenvalue weighted by molar-refractivity contribution is -0.384. The second-order valence-electron chi connectivity index (χ2n) is 6.89. The van der Waals surface area contributed by atoms with Crippen LogP contribution in [0.25, 0.3) is 6.08 Å². The average molecular weight is 431 g/mol. The van der Waals surface area contributed by atoms with E-state index in [0.717, 1.165) is 5.56 Å². The van der Waals surface area contributed by atoms with Gasteiger partial charge in [-0.05, 0) is 60.0 Å². The van der Waals surface area contributed by atoms with Crippen molar-refractivity contribution in [3.05, 3.63) is 105 Å². The van der Waals surface area contributed by atoms with E-state index in [1.165, 1.54) is 30.3 Å². The number of anilines is 1. The highest BCUT2D eigenvalue weighted by Crippen LogP contribution is 2.26. The molecule has 0 saturated carbocycles. The van der Waals surface area contributed by atoms with Crippen LogP contribution in [-0.2, 0) is 11.4 Å². The Morgan fingerprint density at radius 3 is 2.47 bits per heavy atom. The number of nitro benzene ring substituents is 1. The van der Waals surface area contributed by atoms with Gasteiger partial charge in [-0.3, -0.25) is 14.9 Å². The first-order valence-corrected chi connectivity index (χ1v) is 9.51. The van der Waals surface area contributed by atoms with E-state index in [9.17, 15) is 24.6 Å². The number of nitrogens with zero attached hydrogens (tertiary/aromatic N) is 2. The zero-order chi connectivity index (χ0) is 23.1. The van der Waals surface area contributed by atoms with Crippen LogP contribution in [0.4, 0.5) is 15.8 Å². The Morgan fingerprint density at radius 1 is 1.16 bits per heavy atom. The molecule has 0 unspecified atom stereocenters. The molecule has 0 aliphatic heterocycles. The number of carbonyl (C=O) groups excluding carboxylic acids is 1. The first-order chi connectivity index (χ1) is 15.4. The summed E-state index contributed by atoms with van der Waals surface area (Å²) < 4.78 is 18.6. The van der Waals surface area contributed by atoms with Crippen molar-refractivity contribution in [3.63, 3.8) is 0 Å². The van der Waals surface area contributed by atoms with Crippen LogP contribution in [0.1, 0.15) is 16.7 Å². The summed E-state index contributed by atoms with van der Waals surface area (Å²) >= 11 is 0. The number of nitro groups is 1. The topological polar surface area (TPSA) is 105 Å². The largest absolute Gasteiger partial charge is 0.489 e. The third kappa shape index (κ3) is 5.77. The molecule has 0 aliphatic rings. The summed E-state index contributed by atoms with van der Waals surface area (Å²) in [7, 11) is 0. The van der Waals surface area contributed by atoms with E-state index in [2.05, 4.69) is 5.32 Å². The van der Waals surface area contributed by atoms with Crippen molar-refractivity contribution in [2.24, 2.45) is 0 Å². The highest BCUT2D eigenvalue weighted by Gasteiger charge is 2.18. The van der Waals surface area contributed by atoms with Crippen molar-refractivity contribution in [3.8, 4) is 11.8 Å². The fourth-order valence-corrected chi connectivity index (χ4v) is 2.81. The van der Waals surface area contributed by atoms with Crippen molar-refractivity contribution in [1.29, 1.82) is 5.26 Å². The van der Waals surface area contributed by atoms with Gasteiger partial charge in [-0.15, -0.1) is 0 Å². The van der Waals surface area contributed by atoms with Gasteiger partial charge in [0.1, 0.15) is 35.5 Å². The van der Waals surface area contributed by atoms with Gasteiger partial charge in [0, 0.05) is 6.07 Å². The van der Waals surface area contributed by atoms with E-state index < -0.39 is 10.8 Å². The number of nitriles is 1. The molecular formula is C24H18FN3O4. The molecule has 7 nitrogen and oxygen atoms in total. The molecule has 0 bridgehead atoms. The van der Waals surface area contributed by atoms with Gasteiger partial charge in [-0.25, -0.2) is 4.39 Å². The van der Waals surface area contributed by atoms with Crippen LogP contribution in [0.3, 0.4) is 0 Å².